The van der Waals surface area contributed by atoms with Gasteiger partial charge in [-0.25, -0.2) is 0 Å². The first-order chi connectivity index (χ1) is 17.1. The highest BCUT2D eigenvalue weighted by molar-refractivity contribution is 6.10. The molecule has 5 rings (SSSR count). The van der Waals surface area contributed by atoms with Gasteiger partial charge in [-0.15, -0.1) is 0 Å². The number of fused-ring (bicyclic) bond motifs is 1. The summed E-state index contributed by atoms with van der Waals surface area (Å²) in [6.45, 7) is 7.21. The van der Waals surface area contributed by atoms with Gasteiger partial charge in [-0.1, -0.05) is 35.9 Å². The highest BCUT2D eigenvalue weighted by atomic mass is 16.5. The largest absolute Gasteiger partial charge is 0.457 e. The van der Waals surface area contributed by atoms with E-state index < -0.39 is 0 Å². The van der Waals surface area contributed by atoms with Crippen molar-refractivity contribution in [2.45, 2.75) is 20.8 Å². The van der Waals surface area contributed by atoms with E-state index in [-0.39, 0.29) is 11.9 Å². The number of benzene rings is 3. The van der Waals surface area contributed by atoms with Crippen LogP contribution in [-0.4, -0.2) is 29.9 Å². The molecule has 0 bridgehead atoms. The standard InChI is InChI=1S/C29H27N3O3/c1-4-31-25-17-11-20(3)19-21(25)12-18-26(31)27-28(33)32(5-2)29(35-27)30-22-13-15-24(16-14-22)34-23-9-7-6-8-10-23/h6-19H,4-5H2,1-3H3/b27-26-,30-29?. The highest BCUT2D eigenvalue weighted by Gasteiger charge is 2.38. The van der Waals surface area contributed by atoms with Crippen molar-refractivity contribution in [1.29, 1.82) is 0 Å². The fraction of sp³-hybridized carbons (Fsp3) is 0.172. The zero-order valence-corrected chi connectivity index (χ0v) is 20.1. The van der Waals surface area contributed by atoms with Crippen LogP contribution in [0.4, 0.5) is 11.4 Å². The van der Waals surface area contributed by atoms with Crippen LogP contribution in [0.15, 0.2) is 95.3 Å². The number of amidine groups is 1. The monoisotopic (exact) mass is 465 g/mol. The molecule has 1 saturated heterocycles. The van der Waals surface area contributed by atoms with Crippen molar-refractivity contribution >= 4 is 29.4 Å². The number of para-hydroxylation sites is 1. The Bertz CT molecular complexity index is 1340. The minimum atomic E-state index is -0.191. The number of likely N-dealkylation sites (N-methyl/N-ethyl adjacent to an activating group) is 2. The second-order valence-corrected chi connectivity index (χ2v) is 8.31. The summed E-state index contributed by atoms with van der Waals surface area (Å²) in [5, 5.41) is 0. The second-order valence-electron chi connectivity index (χ2n) is 8.31. The van der Waals surface area contributed by atoms with Gasteiger partial charge in [-0.2, -0.15) is 4.99 Å². The van der Waals surface area contributed by atoms with Crippen molar-refractivity contribution in [1.82, 2.24) is 4.90 Å². The number of aryl methyl sites for hydroxylation is 1. The molecule has 2 aliphatic rings. The molecule has 3 aromatic rings. The maximum absolute atomic E-state index is 13.3. The van der Waals surface area contributed by atoms with Crippen molar-refractivity contribution in [2.24, 2.45) is 4.99 Å². The van der Waals surface area contributed by atoms with Crippen molar-refractivity contribution in [3.05, 3.63) is 101 Å². The van der Waals surface area contributed by atoms with Crippen LogP contribution in [0.25, 0.3) is 6.08 Å². The summed E-state index contributed by atoms with van der Waals surface area (Å²) in [5.74, 6) is 1.57. The lowest BCUT2D eigenvalue weighted by Crippen LogP contribution is -2.30. The number of rotatable bonds is 5. The first-order valence-corrected chi connectivity index (χ1v) is 11.8. The van der Waals surface area contributed by atoms with Crippen LogP contribution in [-0.2, 0) is 9.53 Å². The molecule has 0 saturated carbocycles. The molecule has 0 N–H and O–H groups in total. The Kier molecular flexibility index (Phi) is 6.10. The van der Waals surface area contributed by atoms with Gasteiger partial charge in [-0.3, -0.25) is 9.69 Å². The normalized spacial score (nSPS) is 18.1. The van der Waals surface area contributed by atoms with Gasteiger partial charge in [0.25, 0.3) is 5.91 Å². The molecule has 0 spiro atoms. The third-order valence-electron chi connectivity index (χ3n) is 5.95. The highest BCUT2D eigenvalue weighted by Crippen LogP contribution is 2.35. The zero-order chi connectivity index (χ0) is 24.4. The number of nitrogens with zero attached hydrogens (tertiary/aromatic N) is 3. The van der Waals surface area contributed by atoms with Crippen LogP contribution < -0.4 is 9.64 Å². The van der Waals surface area contributed by atoms with Crippen molar-refractivity contribution < 1.29 is 14.3 Å². The predicted molar refractivity (Wildman–Crippen MR) is 139 cm³/mol. The van der Waals surface area contributed by atoms with Crippen LogP contribution in [0, 0.1) is 6.92 Å². The van der Waals surface area contributed by atoms with Gasteiger partial charge in [0.05, 0.1) is 11.4 Å². The minimum absolute atomic E-state index is 0.191. The SMILES string of the molecule is CCN1C(=O)/C(=C2\C=Cc3cc(C)ccc3N2CC)OC1=Nc1ccc(Oc2ccccc2)cc1. The fourth-order valence-electron chi connectivity index (χ4n) is 4.23. The Hall–Kier alpha value is -4.32. The summed E-state index contributed by atoms with van der Waals surface area (Å²) in [7, 11) is 0. The summed E-state index contributed by atoms with van der Waals surface area (Å²) >= 11 is 0. The molecule has 6 heteroatoms. The number of hydrogen-bond acceptors (Lipinski definition) is 5. The molecule has 2 aliphatic heterocycles. The van der Waals surface area contributed by atoms with E-state index in [1.54, 1.807) is 4.90 Å². The number of allylic oxidation sites excluding steroid dienone is 1. The average Bonchev–Trinajstić information content (AvgIpc) is 3.19. The van der Waals surface area contributed by atoms with Crippen LogP contribution in [0.1, 0.15) is 25.0 Å². The number of anilines is 1. The predicted octanol–water partition coefficient (Wildman–Crippen LogP) is 6.42. The first-order valence-electron chi connectivity index (χ1n) is 11.8. The van der Waals surface area contributed by atoms with Gasteiger partial charge >= 0.3 is 6.02 Å². The Morgan fingerprint density at radius 1 is 0.857 bits per heavy atom. The number of hydrogen-bond donors (Lipinski definition) is 0. The number of ether oxygens (including phenoxy) is 2. The van der Waals surface area contributed by atoms with Crippen molar-refractivity contribution in [3.8, 4) is 11.5 Å². The molecule has 1 fully saturated rings. The van der Waals surface area contributed by atoms with E-state index in [0.717, 1.165) is 22.7 Å². The van der Waals surface area contributed by atoms with Crippen molar-refractivity contribution in [3.63, 3.8) is 0 Å². The van der Waals surface area contributed by atoms with E-state index >= 15 is 0 Å². The van der Waals surface area contributed by atoms with Crippen LogP contribution in [0.5, 0.6) is 11.5 Å². The molecule has 1 amide bonds. The number of carbonyl (C=O) groups is 1. The number of carbonyl (C=O) groups excluding carboxylic acids is 1. The minimum Gasteiger partial charge on any atom is -0.457 e. The topological polar surface area (TPSA) is 54.4 Å². The van der Waals surface area contributed by atoms with Gasteiger partial charge in [0, 0.05) is 18.8 Å². The molecule has 0 radical (unpaired) electrons. The zero-order valence-electron chi connectivity index (χ0n) is 20.1. The maximum atomic E-state index is 13.3. The van der Waals surface area contributed by atoms with Gasteiger partial charge in [0.15, 0.2) is 0 Å². The van der Waals surface area contributed by atoms with E-state index in [1.165, 1.54) is 5.56 Å². The third-order valence-corrected chi connectivity index (χ3v) is 5.95. The van der Waals surface area contributed by atoms with E-state index in [9.17, 15) is 4.79 Å². The van der Waals surface area contributed by atoms with Gasteiger partial charge in [0.1, 0.15) is 11.5 Å². The molecule has 0 atom stereocenters. The summed E-state index contributed by atoms with van der Waals surface area (Å²) < 4.78 is 12.0. The van der Waals surface area contributed by atoms with Gasteiger partial charge in [-0.05, 0) is 80.9 Å². The van der Waals surface area contributed by atoms with Gasteiger partial charge < -0.3 is 14.4 Å². The molecule has 0 aliphatic carbocycles. The maximum Gasteiger partial charge on any atom is 0.305 e. The second kappa shape index (κ2) is 9.50. The molecule has 0 aromatic heterocycles. The van der Waals surface area contributed by atoms with Gasteiger partial charge in [0.2, 0.25) is 5.76 Å². The average molecular weight is 466 g/mol. The van der Waals surface area contributed by atoms with E-state index in [2.05, 4.69) is 41.9 Å². The van der Waals surface area contributed by atoms with Crippen LogP contribution in [0.3, 0.4) is 0 Å². The Labute approximate surface area is 205 Å². The molecular formula is C29H27N3O3. The summed E-state index contributed by atoms with van der Waals surface area (Å²) in [6, 6.07) is 23.6. The van der Waals surface area contributed by atoms with Crippen LogP contribution in [0.2, 0.25) is 0 Å². The molecule has 35 heavy (non-hydrogen) atoms. The molecule has 176 valence electrons. The summed E-state index contributed by atoms with van der Waals surface area (Å²) in [6.07, 6.45) is 3.98. The molecule has 0 unspecified atom stereocenters. The Morgan fingerprint density at radius 3 is 2.29 bits per heavy atom. The summed E-state index contributed by atoms with van der Waals surface area (Å²) in [4.78, 5) is 21.6. The van der Waals surface area contributed by atoms with E-state index in [4.69, 9.17) is 9.47 Å². The molecule has 6 nitrogen and oxygen atoms in total. The lowest BCUT2D eigenvalue weighted by Gasteiger charge is -2.29. The quantitative estimate of drug-likeness (QED) is 0.408. The number of amides is 1. The number of aliphatic imine (C=N–C) groups is 1. The van der Waals surface area contributed by atoms with E-state index in [1.807, 2.05) is 73.7 Å². The lowest BCUT2D eigenvalue weighted by atomic mass is 10.0. The third kappa shape index (κ3) is 4.43. The summed E-state index contributed by atoms with van der Waals surface area (Å²) in [5.41, 5.74) is 4.79. The molecule has 3 aromatic carbocycles. The first kappa shape index (κ1) is 22.5. The van der Waals surface area contributed by atoms with Crippen LogP contribution >= 0.6 is 0 Å². The lowest BCUT2D eigenvalue weighted by molar-refractivity contribution is -0.122. The fourth-order valence-corrected chi connectivity index (χ4v) is 4.23. The smallest absolute Gasteiger partial charge is 0.305 e. The Morgan fingerprint density at radius 2 is 1.57 bits per heavy atom. The molecule has 2 heterocycles. The Balaban J connectivity index is 1.43. The van der Waals surface area contributed by atoms with Crippen molar-refractivity contribution in [2.75, 3.05) is 18.0 Å². The van der Waals surface area contributed by atoms with E-state index in [0.29, 0.717) is 30.3 Å². The molecular weight excluding hydrogens is 438 g/mol.